The third-order valence-corrected chi connectivity index (χ3v) is 5.56. The Morgan fingerprint density at radius 1 is 0.903 bits per heavy atom. The maximum Gasteiger partial charge on any atom is 0.257 e. The average molecular weight is 411 g/mol. The Hall–Kier alpha value is -4.00. The number of rotatable bonds is 5. The molecule has 154 valence electrons. The van der Waals surface area contributed by atoms with Gasteiger partial charge in [0.25, 0.3) is 11.8 Å². The van der Waals surface area contributed by atoms with Gasteiger partial charge in [0.15, 0.2) is 0 Å². The number of hydrogen-bond acceptors (Lipinski definition) is 4. The van der Waals surface area contributed by atoms with Crippen LogP contribution in [0.4, 0.5) is 11.4 Å². The second-order valence-electron chi connectivity index (χ2n) is 7.71. The zero-order valence-corrected chi connectivity index (χ0v) is 16.8. The molecule has 5 rings (SSSR count). The summed E-state index contributed by atoms with van der Waals surface area (Å²) in [5.74, 6) is 1.02. The van der Waals surface area contributed by atoms with Crippen LogP contribution in [0.1, 0.15) is 51.7 Å². The minimum Gasteiger partial charge on any atom is -0.342 e. The van der Waals surface area contributed by atoms with Crippen LogP contribution in [0.25, 0.3) is 11.0 Å². The number of fused-ring (bicyclic) bond motifs is 1. The highest BCUT2D eigenvalue weighted by molar-refractivity contribution is 6.07. The first-order valence-electron chi connectivity index (χ1n) is 10.3. The number of nitrogens with zero attached hydrogens (tertiary/aromatic N) is 2. The summed E-state index contributed by atoms with van der Waals surface area (Å²) in [5.41, 5.74) is 3.94. The van der Waals surface area contributed by atoms with E-state index < -0.39 is 0 Å². The van der Waals surface area contributed by atoms with Gasteiger partial charge in [-0.2, -0.15) is 0 Å². The van der Waals surface area contributed by atoms with Crippen molar-refractivity contribution in [2.45, 2.75) is 25.2 Å². The number of aromatic amines is 1. The van der Waals surface area contributed by atoms with Crippen molar-refractivity contribution in [1.82, 2.24) is 15.0 Å². The molecular formula is C24H21N5O2. The van der Waals surface area contributed by atoms with E-state index >= 15 is 0 Å². The smallest absolute Gasteiger partial charge is 0.257 e. The van der Waals surface area contributed by atoms with Gasteiger partial charge in [-0.3, -0.25) is 14.6 Å². The number of benzene rings is 2. The number of carbonyl (C=O) groups excluding carboxylic acids is 2. The maximum atomic E-state index is 12.8. The Kier molecular flexibility index (Phi) is 4.92. The molecule has 3 N–H and O–H groups in total. The Morgan fingerprint density at radius 3 is 2.42 bits per heavy atom. The molecule has 0 unspecified atom stereocenters. The van der Waals surface area contributed by atoms with Gasteiger partial charge in [-0.05, 0) is 61.4 Å². The molecule has 1 fully saturated rings. The zero-order valence-electron chi connectivity index (χ0n) is 16.8. The van der Waals surface area contributed by atoms with Crippen LogP contribution < -0.4 is 10.6 Å². The number of aromatic nitrogens is 3. The van der Waals surface area contributed by atoms with E-state index in [1.54, 1.807) is 42.6 Å². The molecule has 0 atom stereocenters. The van der Waals surface area contributed by atoms with Crippen LogP contribution in [0.3, 0.4) is 0 Å². The molecule has 2 heterocycles. The summed E-state index contributed by atoms with van der Waals surface area (Å²) >= 11 is 0. The Labute approximate surface area is 178 Å². The lowest BCUT2D eigenvalue weighted by molar-refractivity contribution is 0.101. The van der Waals surface area contributed by atoms with Gasteiger partial charge in [0.05, 0.1) is 16.6 Å². The van der Waals surface area contributed by atoms with Gasteiger partial charge in [-0.15, -0.1) is 0 Å². The Morgan fingerprint density at radius 2 is 1.68 bits per heavy atom. The average Bonchev–Trinajstić information content (AvgIpc) is 3.15. The summed E-state index contributed by atoms with van der Waals surface area (Å²) in [6.45, 7) is 0. The van der Waals surface area contributed by atoms with Crippen molar-refractivity contribution in [2.75, 3.05) is 10.6 Å². The van der Waals surface area contributed by atoms with Crippen LogP contribution in [-0.4, -0.2) is 26.8 Å². The van der Waals surface area contributed by atoms with Crippen molar-refractivity contribution in [2.24, 2.45) is 0 Å². The molecule has 2 amide bonds. The number of anilines is 2. The Bertz CT molecular complexity index is 1260. The van der Waals surface area contributed by atoms with Crippen LogP contribution in [0.2, 0.25) is 0 Å². The zero-order chi connectivity index (χ0) is 21.2. The van der Waals surface area contributed by atoms with E-state index in [-0.39, 0.29) is 11.8 Å². The molecule has 4 aromatic rings. The molecule has 0 bridgehead atoms. The molecular weight excluding hydrogens is 390 g/mol. The van der Waals surface area contributed by atoms with Crippen LogP contribution in [0, 0.1) is 0 Å². The highest BCUT2D eigenvalue weighted by atomic mass is 16.2. The largest absolute Gasteiger partial charge is 0.342 e. The molecule has 0 spiro atoms. The molecule has 0 saturated heterocycles. The summed E-state index contributed by atoms with van der Waals surface area (Å²) in [5, 5.41) is 5.71. The monoisotopic (exact) mass is 411 g/mol. The van der Waals surface area contributed by atoms with E-state index in [2.05, 4.69) is 25.6 Å². The van der Waals surface area contributed by atoms with Crippen molar-refractivity contribution < 1.29 is 9.59 Å². The fourth-order valence-electron chi connectivity index (χ4n) is 3.62. The standard InChI is InChI=1S/C24H21N5O2/c30-23(16-6-2-8-18(12-16)26-24(31)17-7-3-11-25-14-17)27-19-9-10-20-21(13-19)29-22(28-20)15-4-1-5-15/h2-3,6-15H,1,4-5H2,(H,26,31)(H,27,30)(H,28,29). The summed E-state index contributed by atoms with van der Waals surface area (Å²) in [6.07, 6.45) is 6.71. The molecule has 1 aliphatic rings. The lowest BCUT2D eigenvalue weighted by Crippen LogP contribution is -2.14. The van der Waals surface area contributed by atoms with Crippen molar-refractivity contribution >= 4 is 34.2 Å². The molecule has 2 aromatic heterocycles. The number of pyridine rings is 1. The summed E-state index contributed by atoms with van der Waals surface area (Å²) in [4.78, 5) is 37.1. The fourth-order valence-corrected chi connectivity index (χ4v) is 3.62. The number of imidazole rings is 1. The second-order valence-corrected chi connectivity index (χ2v) is 7.71. The van der Waals surface area contributed by atoms with Crippen LogP contribution in [0.15, 0.2) is 67.0 Å². The van der Waals surface area contributed by atoms with E-state index in [0.29, 0.717) is 28.4 Å². The lowest BCUT2D eigenvalue weighted by Gasteiger charge is -2.22. The number of carbonyl (C=O) groups is 2. The number of hydrogen-bond donors (Lipinski definition) is 3. The van der Waals surface area contributed by atoms with Crippen molar-refractivity contribution in [3.63, 3.8) is 0 Å². The normalized spacial score (nSPS) is 13.5. The second kappa shape index (κ2) is 8.02. The minimum atomic E-state index is -0.280. The maximum absolute atomic E-state index is 12.8. The molecule has 2 aromatic carbocycles. The first kappa shape index (κ1) is 19.0. The molecule has 1 aliphatic carbocycles. The highest BCUT2D eigenvalue weighted by Crippen LogP contribution is 2.35. The van der Waals surface area contributed by atoms with E-state index in [0.717, 1.165) is 16.9 Å². The van der Waals surface area contributed by atoms with E-state index in [1.165, 1.54) is 25.5 Å². The van der Waals surface area contributed by atoms with Crippen LogP contribution in [0.5, 0.6) is 0 Å². The predicted molar refractivity (Wildman–Crippen MR) is 119 cm³/mol. The summed E-state index contributed by atoms with van der Waals surface area (Å²) < 4.78 is 0. The van der Waals surface area contributed by atoms with Crippen molar-refractivity contribution in [1.29, 1.82) is 0 Å². The van der Waals surface area contributed by atoms with Gasteiger partial charge in [0.1, 0.15) is 5.82 Å². The topological polar surface area (TPSA) is 99.8 Å². The van der Waals surface area contributed by atoms with E-state index in [9.17, 15) is 9.59 Å². The van der Waals surface area contributed by atoms with Gasteiger partial charge >= 0.3 is 0 Å². The van der Waals surface area contributed by atoms with Crippen molar-refractivity contribution in [3.8, 4) is 0 Å². The minimum absolute atomic E-state index is 0.254. The number of amides is 2. The summed E-state index contributed by atoms with van der Waals surface area (Å²) in [7, 11) is 0. The number of H-pyrrole nitrogens is 1. The van der Waals surface area contributed by atoms with Gasteiger partial charge < -0.3 is 15.6 Å². The SMILES string of the molecule is O=C(Nc1cccc(C(=O)Nc2ccc3nc(C4CCC4)[nH]c3c2)c1)c1cccnc1. The Balaban J connectivity index is 1.30. The quantitative estimate of drug-likeness (QED) is 0.442. The third-order valence-electron chi connectivity index (χ3n) is 5.56. The van der Waals surface area contributed by atoms with Gasteiger partial charge in [0, 0.05) is 35.2 Å². The first-order chi connectivity index (χ1) is 15.2. The lowest BCUT2D eigenvalue weighted by atomic mass is 9.85. The summed E-state index contributed by atoms with van der Waals surface area (Å²) in [6, 6.07) is 15.9. The molecule has 0 aliphatic heterocycles. The molecule has 0 radical (unpaired) electrons. The fraction of sp³-hybridized carbons (Fsp3) is 0.167. The van der Waals surface area contributed by atoms with Gasteiger partial charge in [-0.1, -0.05) is 12.5 Å². The molecule has 7 nitrogen and oxygen atoms in total. The third kappa shape index (κ3) is 4.02. The predicted octanol–water partition coefficient (Wildman–Crippen LogP) is 4.73. The highest BCUT2D eigenvalue weighted by Gasteiger charge is 2.22. The number of nitrogens with one attached hydrogen (secondary N) is 3. The molecule has 1 saturated carbocycles. The van der Waals surface area contributed by atoms with Gasteiger partial charge in [0.2, 0.25) is 0 Å². The first-order valence-corrected chi connectivity index (χ1v) is 10.3. The molecule has 7 heteroatoms. The van der Waals surface area contributed by atoms with Crippen molar-refractivity contribution in [3.05, 3.63) is 83.9 Å². The van der Waals surface area contributed by atoms with Crippen LogP contribution >= 0.6 is 0 Å². The van der Waals surface area contributed by atoms with E-state index in [1.807, 2.05) is 18.2 Å². The molecule has 31 heavy (non-hydrogen) atoms. The van der Waals surface area contributed by atoms with Gasteiger partial charge in [-0.25, -0.2) is 4.98 Å². The van der Waals surface area contributed by atoms with E-state index in [4.69, 9.17) is 0 Å². The van der Waals surface area contributed by atoms with Crippen LogP contribution in [-0.2, 0) is 0 Å².